The molecule has 3 aromatic rings. The minimum Gasteiger partial charge on any atom is -0.462 e. The Bertz CT molecular complexity index is 1060. The summed E-state index contributed by atoms with van der Waals surface area (Å²) in [5, 5.41) is 1.82. The number of ether oxygens (including phenoxy) is 1. The first kappa shape index (κ1) is 18.1. The van der Waals surface area contributed by atoms with Crippen LogP contribution in [0, 0.1) is 5.92 Å². The smallest absolute Gasteiger partial charge is 0.339 e. The van der Waals surface area contributed by atoms with Crippen molar-refractivity contribution in [3.63, 3.8) is 0 Å². The lowest BCUT2D eigenvalue weighted by molar-refractivity contribution is 0.0461. The molecule has 0 bridgehead atoms. The number of aryl methyl sites for hydroxylation is 1. The molecule has 0 saturated heterocycles. The molecule has 0 fully saturated rings. The fraction of sp³-hybridized carbons (Fsp3) is 0.316. The summed E-state index contributed by atoms with van der Waals surface area (Å²) in [7, 11) is 1.60. The predicted molar refractivity (Wildman–Crippen MR) is 102 cm³/mol. The van der Waals surface area contributed by atoms with Crippen LogP contribution in [0.2, 0.25) is 0 Å². The SMILES string of the molecule is CC(C)COC(=O)c1csc2c1c(=O)n(Cc1ccccc1)c(=O)n2C. The van der Waals surface area contributed by atoms with Crippen LogP contribution in [-0.4, -0.2) is 21.7 Å². The van der Waals surface area contributed by atoms with Crippen molar-refractivity contribution in [2.24, 2.45) is 13.0 Å². The molecule has 0 aliphatic carbocycles. The largest absolute Gasteiger partial charge is 0.462 e. The summed E-state index contributed by atoms with van der Waals surface area (Å²) in [5.74, 6) is -0.338. The highest BCUT2D eigenvalue weighted by atomic mass is 32.1. The van der Waals surface area contributed by atoms with E-state index < -0.39 is 17.2 Å². The van der Waals surface area contributed by atoms with Crippen molar-refractivity contribution in [1.82, 2.24) is 9.13 Å². The van der Waals surface area contributed by atoms with E-state index in [1.807, 2.05) is 44.2 Å². The normalized spacial score (nSPS) is 11.2. The van der Waals surface area contributed by atoms with Gasteiger partial charge in [-0.15, -0.1) is 11.3 Å². The van der Waals surface area contributed by atoms with Crippen molar-refractivity contribution in [1.29, 1.82) is 0 Å². The highest BCUT2D eigenvalue weighted by molar-refractivity contribution is 7.17. The van der Waals surface area contributed by atoms with Crippen molar-refractivity contribution in [3.05, 3.63) is 67.7 Å². The fourth-order valence-electron chi connectivity index (χ4n) is 2.67. The molecular formula is C19H20N2O4S. The zero-order valence-corrected chi connectivity index (χ0v) is 15.7. The molecule has 2 aromatic heterocycles. The molecule has 0 spiro atoms. The van der Waals surface area contributed by atoms with Gasteiger partial charge in [0.15, 0.2) is 0 Å². The maximum Gasteiger partial charge on any atom is 0.339 e. The number of hydrogen-bond donors (Lipinski definition) is 0. The molecule has 6 nitrogen and oxygen atoms in total. The lowest BCUT2D eigenvalue weighted by Crippen LogP contribution is -2.39. The molecule has 7 heteroatoms. The monoisotopic (exact) mass is 372 g/mol. The molecule has 0 amide bonds. The van der Waals surface area contributed by atoms with Gasteiger partial charge < -0.3 is 4.74 Å². The van der Waals surface area contributed by atoms with Crippen LogP contribution < -0.4 is 11.2 Å². The molecule has 1 aromatic carbocycles. The summed E-state index contributed by atoms with van der Waals surface area (Å²) >= 11 is 1.20. The second kappa shape index (κ2) is 7.29. The zero-order valence-electron chi connectivity index (χ0n) is 14.9. The number of benzene rings is 1. The third-order valence-electron chi connectivity index (χ3n) is 4.00. The lowest BCUT2D eigenvalue weighted by atomic mass is 10.2. The van der Waals surface area contributed by atoms with Gasteiger partial charge in [-0.1, -0.05) is 44.2 Å². The Kier molecular flexibility index (Phi) is 5.08. The third-order valence-corrected chi connectivity index (χ3v) is 5.06. The number of aromatic nitrogens is 2. The standard InChI is InChI=1S/C19H20N2O4S/c1-12(2)10-25-18(23)14-11-26-17-15(14)16(22)21(19(24)20(17)3)9-13-7-5-4-6-8-13/h4-8,11-12H,9-10H2,1-3H3. The number of hydrogen-bond acceptors (Lipinski definition) is 5. The van der Waals surface area contributed by atoms with E-state index >= 15 is 0 Å². The second-order valence-electron chi connectivity index (χ2n) is 6.54. The second-order valence-corrected chi connectivity index (χ2v) is 7.40. The summed E-state index contributed by atoms with van der Waals surface area (Å²) in [6.45, 7) is 4.31. The molecule has 0 aliphatic heterocycles. The molecule has 0 atom stereocenters. The van der Waals surface area contributed by atoms with E-state index in [-0.39, 0.29) is 30.0 Å². The average Bonchev–Trinajstić information content (AvgIpc) is 3.07. The topological polar surface area (TPSA) is 70.3 Å². The fourth-order valence-corrected chi connectivity index (χ4v) is 3.66. The van der Waals surface area contributed by atoms with Crippen LogP contribution in [-0.2, 0) is 18.3 Å². The van der Waals surface area contributed by atoms with Crippen LogP contribution in [0.25, 0.3) is 10.2 Å². The van der Waals surface area contributed by atoms with Crippen molar-refractivity contribution in [3.8, 4) is 0 Å². The Morgan fingerprint density at radius 2 is 1.88 bits per heavy atom. The van der Waals surface area contributed by atoms with E-state index in [9.17, 15) is 14.4 Å². The first-order valence-electron chi connectivity index (χ1n) is 8.32. The van der Waals surface area contributed by atoms with Crippen molar-refractivity contribution in [2.45, 2.75) is 20.4 Å². The van der Waals surface area contributed by atoms with Crippen LogP contribution in [0.15, 0.2) is 45.3 Å². The van der Waals surface area contributed by atoms with Gasteiger partial charge in [0, 0.05) is 12.4 Å². The van der Waals surface area contributed by atoms with Gasteiger partial charge in [0.1, 0.15) is 4.83 Å². The number of fused-ring (bicyclic) bond motifs is 1. The van der Waals surface area contributed by atoms with E-state index in [0.29, 0.717) is 4.83 Å². The Hall–Kier alpha value is -2.67. The molecule has 0 saturated carbocycles. The lowest BCUT2D eigenvalue weighted by Gasteiger charge is -2.10. The highest BCUT2D eigenvalue weighted by Crippen LogP contribution is 2.22. The van der Waals surface area contributed by atoms with Gasteiger partial charge in [-0.05, 0) is 11.5 Å². The summed E-state index contributed by atoms with van der Waals surface area (Å²) in [6.07, 6.45) is 0. The van der Waals surface area contributed by atoms with Crippen molar-refractivity contribution < 1.29 is 9.53 Å². The Balaban J connectivity index is 2.13. The van der Waals surface area contributed by atoms with Crippen molar-refractivity contribution in [2.75, 3.05) is 6.61 Å². The van der Waals surface area contributed by atoms with Crippen LogP contribution in [0.4, 0.5) is 0 Å². The van der Waals surface area contributed by atoms with Gasteiger partial charge in [-0.2, -0.15) is 0 Å². The average molecular weight is 372 g/mol. The summed E-state index contributed by atoms with van der Waals surface area (Å²) < 4.78 is 7.83. The molecule has 2 heterocycles. The van der Waals surface area contributed by atoms with Crippen LogP contribution >= 0.6 is 11.3 Å². The van der Waals surface area contributed by atoms with Crippen LogP contribution in [0.5, 0.6) is 0 Å². The molecular weight excluding hydrogens is 352 g/mol. The highest BCUT2D eigenvalue weighted by Gasteiger charge is 2.21. The first-order chi connectivity index (χ1) is 12.4. The van der Waals surface area contributed by atoms with Crippen molar-refractivity contribution >= 4 is 27.5 Å². The van der Waals surface area contributed by atoms with E-state index in [1.54, 1.807) is 12.4 Å². The molecule has 3 rings (SSSR count). The Morgan fingerprint density at radius 1 is 1.19 bits per heavy atom. The predicted octanol–water partition coefficient (Wildman–Crippen LogP) is 2.62. The number of rotatable bonds is 5. The number of esters is 1. The Labute approximate surface area is 154 Å². The summed E-state index contributed by atoms with van der Waals surface area (Å²) in [4.78, 5) is 38.5. The molecule has 0 N–H and O–H groups in total. The van der Waals surface area contributed by atoms with E-state index in [0.717, 1.165) is 10.1 Å². The number of thiophene rings is 1. The van der Waals surface area contributed by atoms with E-state index in [1.165, 1.54) is 15.9 Å². The van der Waals surface area contributed by atoms with Gasteiger partial charge in [-0.3, -0.25) is 13.9 Å². The summed E-state index contributed by atoms with van der Waals surface area (Å²) in [5.41, 5.74) is 0.179. The molecule has 0 unspecified atom stereocenters. The maximum absolute atomic E-state index is 13.0. The molecule has 26 heavy (non-hydrogen) atoms. The third kappa shape index (κ3) is 3.35. The van der Waals surface area contributed by atoms with E-state index in [2.05, 4.69) is 0 Å². The number of nitrogens with zero attached hydrogens (tertiary/aromatic N) is 2. The van der Waals surface area contributed by atoms with Crippen LogP contribution in [0.1, 0.15) is 29.8 Å². The minimum absolute atomic E-state index is 0.151. The Morgan fingerprint density at radius 3 is 2.54 bits per heavy atom. The van der Waals surface area contributed by atoms with Gasteiger partial charge in [0.25, 0.3) is 5.56 Å². The molecule has 136 valence electrons. The van der Waals surface area contributed by atoms with Crippen LogP contribution in [0.3, 0.4) is 0 Å². The van der Waals surface area contributed by atoms with Gasteiger partial charge in [0.2, 0.25) is 0 Å². The van der Waals surface area contributed by atoms with Gasteiger partial charge >= 0.3 is 11.7 Å². The zero-order chi connectivity index (χ0) is 18.8. The number of carbonyl (C=O) groups excluding carboxylic acids is 1. The minimum atomic E-state index is -0.535. The maximum atomic E-state index is 13.0. The quantitative estimate of drug-likeness (QED) is 0.646. The molecule has 0 aliphatic rings. The molecule has 0 radical (unpaired) electrons. The van der Waals surface area contributed by atoms with E-state index in [4.69, 9.17) is 4.74 Å². The summed E-state index contributed by atoms with van der Waals surface area (Å²) in [6, 6.07) is 9.27. The van der Waals surface area contributed by atoms with Gasteiger partial charge in [-0.25, -0.2) is 9.59 Å². The first-order valence-corrected chi connectivity index (χ1v) is 9.20. The van der Waals surface area contributed by atoms with Gasteiger partial charge in [0.05, 0.1) is 24.1 Å². The number of carbonyl (C=O) groups is 1.